The third kappa shape index (κ3) is 2.83. The predicted octanol–water partition coefficient (Wildman–Crippen LogP) is 3.23. The highest BCUT2D eigenvalue weighted by Crippen LogP contribution is 2.22. The van der Waals surface area contributed by atoms with Gasteiger partial charge >= 0.3 is 0 Å². The second-order valence-corrected chi connectivity index (χ2v) is 4.54. The maximum Gasteiger partial charge on any atom is 0.129 e. The van der Waals surface area contributed by atoms with E-state index in [0.717, 1.165) is 19.5 Å². The van der Waals surface area contributed by atoms with Crippen molar-refractivity contribution in [3.8, 4) is 0 Å². The molecule has 0 fully saturated rings. The van der Waals surface area contributed by atoms with Crippen molar-refractivity contribution in [2.24, 2.45) is 0 Å². The first kappa shape index (κ1) is 11.6. The summed E-state index contributed by atoms with van der Waals surface area (Å²) in [6.07, 6.45) is 6.52. The number of halogens is 1. The Labute approximate surface area is 102 Å². The molecule has 3 heteroatoms. The van der Waals surface area contributed by atoms with Crippen LogP contribution in [0.5, 0.6) is 0 Å². The fraction of sp³-hybridized carbons (Fsp3) is 0.462. The smallest absolute Gasteiger partial charge is 0.129 e. The molecule has 1 aromatic heterocycles. The van der Waals surface area contributed by atoms with Gasteiger partial charge in [0.1, 0.15) is 5.15 Å². The van der Waals surface area contributed by atoms with Crippen molar-refractivity contribution in [3.05, 3.63) is 35.1 Å². The van der Waals surface area contributed by atoms with Crippen LogP contribution in [0.3, 0.4) is 0 Å². The summed E-state index contributed by atoms with van der Waals surface area (Å²) in [5.41, 5.74) is 2.61. The highest BCUT2D eigenvalue weighted by atomic mass is 35.5. The lowest BCUT2D eigenvalue weighted by Crippen LogP contribution is -2.29. The van der Waals surface area contributed by atoms with Crippen molar-refractivity contribution in [2.75, 3.05) is 19.6 Å². The molecule has 0 spiro atoms. The molecule has 1 aliphatic rings. The van der Waals surface area contributed by atoms with Crippen LogP contribution in [-0.2, 0) is 0 Å². The van der Waals surface area contributed by atoms with Gasteiger partial charge in [0.05, 0.1) is 0 Å². The Bertz CT molecular complexity index is 370. The lowest BCUT2D eigenvalue weighted by molar-refractivity contribution is 0.302. The topological polar surface area (TPSA) is 16.1 Å². The Morgan fingerprint density at radius 3 is 2.88 bits per heavy atom. The van der Waals surface area contributed by atoms with Crippen LogP contribution in [0, 0.1) is 0 Å². The summed E-state index contributed by atoms with van der Waals surface area (Å²) in [7, 11) is 0. The molecular weight excluding hydrogens is 220 g/mol. The van der Waals surface area contributed by atoms with Crippen molar-refractivity contribution >= 4 is 17.2 Å². The second kappa shape index (κ2) is 5.46. The van der Waals surface area contributed by atoms with E-state index < -0.39 is 0 Å². The largest absolute Gasteiger partial charge is 0.299 e. The van der Waals surface area contributed by atoms with E-state index in [4.69, 9.17) is 11.6 Å². The van der Waals surface area contributed by atoms with Gasteiger partial charge in [-0.05, 0) is 36.6 Å². The van der Waals surface area contributed by atoms with E-state index >= 15 is 0 Å². The zero-order chi connectivity index (χ0) is 11.4. The van der Waals surface area contributed by atoms with Crippen LogP contribution in [0.1, 0.15) is 25.3 Å². The second-order valence-electron chi connectivity index (χ2n) is 4.15. The van der Waals surface area contributed by atoms with Gasteiger partial charge in [-0.2, -0.15) is 0 Å². The molecule has 2 nitrogen and oxygen atoms in total. The first-order valence-corrected chi connectivity index (χ1v) is 6.20. The molecule has 0 aliphatic carbocycles. The minimum Gasteiger partial charge on any atom is -0.299 e. The molecule has 86 valence electrons. The van der Waals surface area contributed by atoms with Crippen molar-refractivity contribution in [1.29, 1.82) is 0 Å². The van der Waals surface area contributed by atoms with Crippen LogP contribution in [0.2, 0.25) is 5.15 Å². The van der Waals surface area contributed by atoms with Crippen LogP contribution < -0.4 is 0 Å². The summed E-state index contributed by atoms with van der Waals surface area (Å²) in [5.74, 6) is 0. The van der Waals surface area contributed by atoms with Crippen LogP contribution >= 0.6 is 11.6 Å². The Morgan fingerprint density at radius 2 is 2.31 bits per heavy atom. The lowest BCUT2D eigenvalue weighted by Gasteiger charge is -2.25. The molecule has 0 unspecified atom stereocenters. The van der Waals surface area contributed by atoms with E-state index in [0.29, 0.717) is 5.15 Å². The van der Waals surface area contributed by atoms with Crippen molar-refractivity contribution in [2.45, 2.75) is 19.8 Å². The third-order valence-electron chi connectivity index (χ3n) is 2.93. The number of nitrogens with zero attached hydrogens (tertiary/aromatic N) is 2. The van der Waals surface area contributed by atoms with Gasteiger partial charge < -0.3 is 0 Å². The molecular formula is C13H17ClN2. The van der Waals surface area contributed by atoms with Crippen molar-refractivity contribution < 1.29 is 0 Å². The van der Waals surface area contributed by atoms with Gasteiger partial charge in [0, 0.05) is 19.3 Å². The molecule has 0 bridgehead atoms. The number of aromatic nitrogens is 1. The number of pyridine rings is 1. The molecule has 0 saturated heterocycles. The van der Waals surface area contributed by atoms with E-state index in [2.05, 4.69) is 29.0 Å². The molecule has 0 saturated carbocycles. The van der Waals surface area contributed by atoms with Gasteiger partial charge in [0.15, 0.2) is 0 Å². The van der Waals surface area contributed by atoms with E-state index in [1.54, 1.807) is 0 Å². The SMILES string of the molecule is CCCN1CC=C(c2ccc(Cl)nc2)CC1. The molecule has 1 aromatic rings. The van der Waals surface area contributed by atoms with E-state index in [-0.39, 0.29) is 0 Å². The molecule has 0 radical (unpaired) electrons. The van der Waals surface area contributed by atoms with Crippen molar-refractivity contribution in [1.82, 2.24) is 9.88 Å². The van der Waals surface area contributed by atoms with E-state index in [1.165, 1.54) is 24.1 Å². The van der Waals surface area contributed by atoms with Crippen molar-refractivity contribution in [3.63, 3.8) is 0 Å². The fourth-order valence-corrected chi connectivity index (χ4v) is 2.17. The van der Waals surface area contributed by atoms with Crippen LogP contribution in [0.15, 0.2) is 24.4 Å². The summed E-state index contributed by atoms with van der Waals surface area (Å²) in [5, 5.41) is 0.563. The molecule has 0 N–H and O–H groups in total. The monoisotopic (exact) mass is 236 g/mol. The van der Waals surface area contributed by atoms with Crippen LogP contribution in [-0.4, -0.2) is 29.5 Å². The molecule has 0 aromatic carbocycles. The minimum absolute atomic E-state index is 0.563. The maximum atomic E-state index is 5.78. The first-order chi connectivity index (χ1) is 7.79. The predicted molar refractivity (Wildman–Crippen MR) is 68.6 cm³/mol. The van der Waals surface area contributed by atoms with Crippen LogP contribution in [0.4, 0.5) is 0 Å². The highest BCUT2D eigenvalue weighted by Gasteiger charge is 2.11. The number of hydrogen-bond acceptors (Lipinski definition) is 2. The van der Waals surface area contributed by atoms with Crippen LogP contribution in [0.25, 0.3) is 5.57 Å². The normalized spacial score (nSPS) is 17.2. The number of hydrogen-bond donors (Lipinski definition) is 0. The summed E-state index contributed by atoms with van der Waals surface area (Å²) < 4.78 is 0. The quantitative estimate of drug-likeness (QED) is 0.750. The third-order valence-corrected chi connectivity index (χ3v) is 3.15. The summed E-state index contributed by atoms with van der Waals surface area (Å²) in [4.78, 5) is 6.60. The highest BCUT2D eigenvalue weighted by molar-refractivity contribution is 6.29. The summed E-state index contributed by atoms with van der Waals surface area (Å²) in [6, 6.07) is 3.91. The molecule has 2 rings (SSSR count). The minimum atomic E-state index is 0.563. The molecule has 0 atom stereocenters. The average Bonchev–Trinajstić information content (AvgIpc) is 2.32. The van der Waals surface area contributed by atoms with Gasteiger partial charge in [-0.3, -0.25) is 4.90 Å². The summed E-state index contributed by atoms with van der Waals surface area (Å²) in [6.45, 7) is 5.64. The maximum absolute atomic E-state index is 5.78. The summed E-state index contributed by atoms with van der Waals surface area (Å²) >= 11 is 5.78. The Kier molecular flexibility index (Phi) is 3.97. The fourth-order valence-electron chi connectivity index (χ4n) is 2.06. The van der Waals surface area contributed by atoms with Gasteiger partial charge in [0.25, 0.3) is 0 Å². The Morgan fingerprint density at radius 1 is 1.44 bits per heavy atom. The molecule has 16 heavy (non-hydrogen) atoms. The molecule has 2 heterocycles. The average molecular weight is 237 g/mol. The van der Waals surface area contributed by atoms with E-state index in [1.807, 2.05) is 12.3 Å². The molecule has 0 amide bonds. The van der Waals surface area contributed by atoms with Gasteiger partial charge in [-0.25, -0.2) is 4.98 Å². The first-order valence-electron chi connectivity index (χ1n) is 5.83. The van der Waals surface area contributed by atoms with E-state index in [9.17, 15) is 0 Å². The zero-order valence-electron chi connectivity index (χ0n) is 9.62. The number of rotatable bonds is 3. The standard InChI is InChI=1S/C13H17ClN2/c1-2-7-16-8-5-11(6-9-16)12-3-4-13(14)15-10-12/h3-5,10H,2,6-9H2,1H3. The van der Waals surface area contributed by atoms with Gasteiger partial charge in [0.2, 0.25) is 0 Å². The lowest BCUT2D eigenvalue weighted by atomic mass is 10.0. The Balaban J connectivity index is 2.04. The van der Waals surface area contributed by atoms with Gasteiger partial charge in [-0.1, -0.05) is 30.7 Å². The molecule has 1 aliphatic heterocycles. The zero-order valence-corrected chi connectivity index (χ0v) is 10.4. The Hall–Kier alpha value is -0.860. The van der Waals surface area contributed by atoms with Gasteiger partial charge in [-0.15, -0.1) is 0 Å².